The molecule has 0 amide bonds. The summed E-state index contributed by atoms with van der Waals surface area (Å²) in [5.74, 6) is 1.49. The highest BCUT2D eigenvalue weighted by Gasteiger charge is 2.24. The first kappa shape index (κ1) is 13.3. The summed E-state index contributed by atoms with van der Waals surface area (Å²) in [6.07, 6.45) is 6.80. The van der Waals surface area contributed by atoms with E-state index in [-0.39, 0.29) is 0 Å². The van der Waals surface area contributed by atoms with Gasteiger partial charge in [0.25, 0.3) is 0 Å². The van der Waals surface area contributed by atoms with E-state index in [9.17, 15) is 0 Å². The molecule has 2 rings (SSSR count). The van der Waals surface area contributed by atoms with Gasteiger partial charge in [-0.05, 0) is 63.2 Å². The Hall–Kier alpha value is -0.130. The van der Waals surface area contributed by atoms with Crippen LogP contribution in [-0.2, 0) is 0 Å². The Morgan fingerprint density at radius 3 is 2.82 bits per heavy atom. The van der Waals surface area contributed by atoms with Crippen LogP contribution in [0.15, 0.2) is 21.2 Å². The molecule has 3 nitrogen and oxygen atoms in total. The number of nitrogens with one attached hydrogen (secondary N) is 1. The summed E-state index contributed by atoms with van der Waals surface area (Å²) >= 11 is 6.94. The molecular formula is C12H17Br2N3. The molecule has 1 heterocycles. The van der Waals surface area contributed by atoms with Crippen LogP contribution in [0.1, 0.15) is 25.7 Å². The fraction of sp³-hybridized carbons (Fsp3) is 0.583. The minimum atomic E-state index is 0.457. The highest BCUT2D eigenvalue weighted by atomic mass is 79.9. The standard InChI is InChI=1S/C12H17Br2N3/c13-9-5-10(14)12(16-7-9)17-11-4-2-1-3-8(11)6-15/h5,7-8,11H,1-4,6,15H2,(H,16,17). The van der Waals surface area contributed by atoms with Crippen molar-refractivity contribution in [3.05, 3.63) is 21.2 Å². The van der Waals surface area contributed by atoms with Gasteiger partial charge in [-0.3, -0.25) is 0 Å². The van der Waals surface area contributed by atoms with Crippen LogP contribution in [0.4, 0.5) is 5.82 Å². The molecule has 0 aromatic carbocycles. The van der Waals surface area contributed by atoms with E-state index in [1.165, 1.54) is 25.7 Å². The quantitative estimate of drug-likeness (QED) is 0.864. The number of anilines is 1. The Kier molecular flexibility index (Phi) is 4.82. The number of halogens is 2. The zero-order chi connectivity index (χ0) is 12.3. The van der Waals surface area contributed by atoms with Crippen LogP contribution in [-0.4, -0.2) is 17.6 Å². The lowest BCUT2D eigenvalue weighted by atomic mass is 9.84. The van der Waals surface area contributed by atoms with Gasteiger partial charge in [0.15, 0.2) is 0 Å². The number of nitrogens with zero attached hydrogens (tertiary/aromatic N) is 1. The van der Waals surface area contributed by atoms with Crippen molar-refractivity contribution in [2.24, 2.45) is 11.7 Å². The summed E-state index contributed by atoms with van der Waals surface area (Å²) in [5, 5.41) is 3.52. The molecule has 0 bridgehead atoms. The van der Waals surface area contributed by atoms with Gasteiger partial charge in [-0.25, -0.2) is 4.98 Å². The largest absolute Gasteiger partial charge is 0.366 e. The molecule has 0 saturated heterocycles. The van der Waals surface area contributed by atoms with Crippen molar-refractivity contribution in [1.82, 2.24) is 4.98 Å². The molecule has 3 N–H and O–H groups in total. The van der Waals surface area contributed by atoms with Crippen LogP contribution >= 0.6 is 31.9 Å². The highest BCUT2D eigenvalue weighted by molar-refractivity contribution is 9.11. The van der Waals surface area contributed by atoms with E-state index in [1.807, 2.05) is 12.3 Å². The third-order valence-electron chi connectivity index (χ3n) is 3.34. The third kappa shape index (κ3) is 3.42. The lowest BCUT2D eigenvalue weighted by Crippen LogP contribution is -2.37. The second kappa shape index (κ2) is 6.16. The number of pyridine rings is 1. The zero-order valence-corrected chi connectivity index (χ0v) is 12.8. The molecule has 2 atom stereocenters. The predicted molar refractivity (Wildman–Crippen MR) is 78.1 cm³/mol. The van der Waals surface area contributed by atoms with Gasteiger partial charge < -0.3 is 11.1 Å². The molecule has 1 saturated carbocycles. The van der Waals surface area contributed by atoms with Crippen LogP contribution in [0.5, 0.6) is 0 Å². The maximum atomic E-state index is 5.83. The predicted octanol–water partition coefficient (Wildman–Crippen LogP) is 3.54. The minimum absolute atomic E-state index is 0.457. The molecule has 94 valence electrons. The molecule has 0 radical (unpaired) electrons. The SMILES string of the molecule is NCC1CCCCC1Nc1ncc(Br)cc1Br. The maximum Gasteiger partial charge on any atom is 0.140 e. The van der Waals surface area contributed by atoms with Crippen molar-refractivity contribution in [2.45, 2.75) is 31.7 Å². The van der Waals surface area contributed by atoms with Crippen molar-refractivity contribution >= 4 is 37.7 Å². The monoisotopic (exact) mass is 361 g/mol. The first-order valence-electron chi connectivity index (χ1n) is 5.98. The van der Waals surface area contributed by atoms with Crippen molar-refractivity contribution in [3.8, 4) is 0 Å². The molecule has 5 heteroatoms. The Morgan fingerprint density at radius 1 is 1.35 bits per heavy atom. The molecule has 1 aromatic heterocycles. The summed E-state index contributed by atoms with van der Waals surface area (Å²) in [6.45, 7) is 0.756. The first-order valence-corrected chi connectivity index (χ1v) is 7.57. The molecule has 2 unspecified atom stereocenters. The van der Waals surface area contributed by atoms with Gasteiger partial charge in [0.1, 0.15) is 5.82 Å². The summed E-state index contributed by atoms with van der Waals surface area (Å²) in [6, 6.07) is 2.47. The van der Waals surface area contributed by atoms with Gasteiger partial charge in [-0.2, -0.15) is 0 Å². The number of aromatic nitrogens is 1. The molecule has 17 heavy (non-hydrogen) atoms. The second-order valence-corrected chi connectivity index (χ2v) is 6.29. The number of nitrogens with two attached hydrogens (primary N) is 1. The van der Waals surface area contributed by atoms with Crippen molar-refractivity contribution in [3.63, 3.8) is 0 Å². The second-order valence-electron chi connectivity index (χ2n) is 4.52. The van der Waals surface area contributed by atoms with E-state index in [0.29, 0.717) is 12.0 Å². The van der Waals surface area contributed by atoms with E-state index in [2.05, 4.69) is 42.2 Å². The molecule has 0 aliphatic heterocycles. The topological polar surface area (TPSA) is 50.9 Å². The van der Waals surface area contributed by atoms with Gasteiger partial charge in [0.05, 0.1) is 4.47 Å². The first-order chi connectivity index (χ1) is 8.20. The Bertz CT molecular complexity index is 384. The van der Waals surface area contributed by atoms with Gasteiger partial charge in [-0.15, -0.1) is 0 Å². The maximum absolute atomic E-state index is 5.83. The van der Waals surface area contributed by atoms with Gasteiger partial charge >= 0.3 is 0 Å². The van der Waals surface area contributed by atoms with Gasteiger partial charge in [0, 0.05) is 16.7 Å². The molecule has 1 aliphatic carbocycles. The number of rotatable bonds is 3. The fourth-order valence-electron chi connectivity index (χ4n) is 2.38. The summed E-state index contributed by atoms with van der Waals surface area (Å²) in [5.41, 5.74) is 5.83. The zero-order valence-electron chi connectivity index (χ0n) is 9.63. The number of hydrogen-bond acceptors (Lipinski definition) is 3. The van der Waals surface area contributed by atoms with Gasteiger partial charge in [-0.1, -0.05) is 12.8 Å². The van der Waals surface area contributed by atoms with Crippen LogP contribution in [0.3, 0.4) is 0 Å². The average molecular weight is 363 g/mol. The van der Waals surface area contributed by atoms with Crippen LogP contribution in [0, 0.1) is 5.92 Å². The van der Waals surface area contributed by atoms with Gasteiger partial charge in [0.2, 0.25) is 0 Å². The summed E-state index contributed by atoms with van der Waals surface area (Å²) < 4.78 is 1.97. The van der Waals surface area contributed by atoms with Crippen molar-refractivity contribution < 1.29 is 0 Å². The molecule has 0 spiro atoms. The summed E-state index contributed by atoms with van der Waals surface area (Å²) in [7, 11) is 0. The van der Waals surface area contributed by atoms with E-state index in [0.717, 1.165) is 21.3 Å². The number of hydrogen-bond donors (Lipinski definition) is 2. The average Bonchev–Trinajstić information content (AvgIpc) is 2.33. The van der Waals surface area contributed by atoms with Crippen molar-refractivity contribution in [2.75, 3.05) is 11.9 Å². The molecule has 1 aromatic rings. The van der Waals surface area contributed by atoms with Crippen LogP contribution < -0.4 is 11.1 Å². The molecule has 1 fully saturated rings. The van der Waals surface area contributed by atoms with Crippen LogP contribution in [0.25, 0.3) is 0 Å². The fourth-order valence-corrected chi connectivity index (χ4v) is 3.48. The Labute approximate surface area is 119 Å². The normalized spacial score (nSPS) is 24.6. The van der Waals surface area contributed by atoms with E-state index in [4.69, 9.17) is 5.73 Å². The molecular weight excluding hydrogens is 346 g/mol. The van der Waals surface area contributed by atoms with Crippen molar-refractivity contribution in [1.29, 1.82) is 0 Å². The van der Waals surface area contributed by atoms with E-state index in [1.54, 1.807) is 0 Å². The van der Waals surface area contributed by atoms with E-state index < -0.39 is 0 Å². The summed E-state index contributed by atoms with van der Waals surface area (Å²) in [4.78, 5) is 4.39. The Morgan fingerprint density at radius 2 is 2.12 bits per heavy atom. The van der Waals surface area contributed by atoms with Crippen LogP contribution in [0.2, 0.25) is 0 Å². The Balaban J connectivity index is 2.08. The minimum Gasteiger partial charge on any atom is -0.366 e. The third-order valence-corrected chi connectivity index (χ3v) is 4.38. The van der Waals surface area contributed by atoms with E-state index >= 15 is 0 Å². The lowest BCUT2D eigenvalue weighted by molar-refractivity contribution is 0.332. The lowest BCUT2D eigenvalue weighted by Gasteiger charge is -2.31. The molecule has 1 aliphatic rings. The smallest absolute Gasteiger partial charge is 0.140 e. The highest BCUT2D eigenvalue weighted by Crippen LogP contribution is 2.29.